The molecule has 3 atom stereocenters. The number of carboxylic acids is 1. The van der Waals surface area contributed by atoms with E-state index in [-0.39, 0.29) is 36.6 Å². The maximum absolute atomic E-state index is 14.1. The van der Waals surface area contributed by atoms with Crippen LogP contribution in [0.4, 0.5) is 5.69 Å². The lowest BCUT2D eigenvalue weighted by Gasteiger charge is -2.34. The van der Waals surface area contributed by atoms with Crippen molar-refractivity contribution in [2.75, 3.05) is 38.4 Å². The van der Waals surface area contributed by atoms with Gasteiger partial charge in [-0.1, -0.05) is 51.0 Å². The summed E-state index contributed by atoms with van der Waals surface area (Å²) >= 11 is 0. The molecule has 0 radical (unpaired) electrons. The second kappa shape index (κ2) is 13.8. The fraction of sp³-hybridized carbons (Fsp3) is 0.529. The van der Waals surface area contributed by atoms with Crippen LogP contribution in [-0.2, 0) is 16.1 Å². The smallest absolute Gasteiger partial charge is 0.308 e. The Morgan fingerprint density at radius 3 is 2.63 bits per heavy atom. The molecule has 2 aromatic carbocycles. The molecule has 0 aliphatic carbocycles. The van der Waals surface area contributed by atoms with E-state index in [1.165, 1.54) is 5.57 Å². The standard InChI is InChI=1S/C34H47N3O6/c1-7-8-12-37(25-11-9-10-23(13-25)18-35)30(38)20-36-19-26(24-14-28(41-6)32-29(15-24)42-21-43-32)31(33(39)40)27(36)17-34(4,5)16-22(2)3/h9-11,13-16,26-27,31H,7-8,12,17-21,35H2,1-6H3,(H,39,40)/t26-,27+,31-/m1/s1. The number of allylic oxidation sites excluding steroid dienone is 2. The zero-order valence-electron chi connectivity index (χ0n) is 26.4. The Morgan fingerprint density at radius 2 is 1.98 bits per heavy atom. The fourth-order valence-electron chi connectivity index (χ4n) is 6.65. The van der Waals surface area contributed by atoms with Gasteiger partial charge in [-0.2, -0.15) is 0 Å². The topological polar surface area (TPSA) is 115 Å². The van der Waals surface area contributed by atoms with Crippen molar-refractivity contribution in [1.29, 1.82) is 0 Å². The van der Waals surface area contributed by atoms with Gasteiger partial charge >= 0.3 is 5.97 Å². The second-order valence-electron chi connectivity index (χ2n) is 12.6. The summed E-state index contributed by atoms with van der Waals surface area (Å²) in [6.07, 6.45) is 4.57. The molecule has 234 valence electrons. The van der Waals surface area contributed by atoms with Crippen molar-refractivity contribution in [1.82, 2.24) is 4.90 Å². The first kappa shape index (κ1) is 32.4. The van der Waals surface area contributed by atoms with E-state index in [4.69, 9.17) is 19.9 Å². The number of rotatable bonds is 13. The first-order valence-electron chi connectivity index (χ1n) is 15.2. The molecule has 9 nitrogen and oxygen atoms in total. The minimum Gasteiger partial charge on any atom is -0.493 e. The lowest BCUT2D eigenvalue weighted by Crippen LogP contribution is -2.45. The van der Waals surface area contributed by atoms with Gasteiger partial charge < -0.3 is 30.0 Å². The maximum atomic E-state index is 14.1. The van der Waals surface area contributed by atoms with Crippen molar-refractivity contribution in [2.24, 2.45) is 17.1 Å². The Balaban J connectivity index is 1.73. The van der Waals surface area contributed by atoms with E-state index in [2.05, 4.69) is 45.6 Å². The first-order valence-corrected chi connectivity index (χ1v) is 15.2. The molecule has 43 heavy (non-hydrogen) atoms. The number of unbranched alkanes of at least 4 members (excludes halogenated alkanes) is 1. The van der Waals surface area contributed by atoms with Gasteiger partial charge in [0.15, 0.2) is 11.5 Å². The Labute approximate surface area is 255 Å². The molecule has 3 N–H and O–H groups in total. The van der Waals surface area contributed by atoms with Gasteiger partial charge in [-0.15, -0.1) is 0 Å². The van der Waals surface area contributed by atoms with Crippen molar-refractivity contribution >= 4 is 17.6 Å². The molecule has 0 aromatic heterocycles. The van der Waals surface area contributed by atoms with Crippen LogP contribution in [0, 0.1) is 11.3 Å². The number of amides is 1. The number of carbonyl (C=O) groups is 2. The fourth-order valence-corrected chi connectivity index (χ4v) is 6.65. The molecule has 2 aliphatic heterocycles. The number of hydrogen-bond donors (Lipinski definition) is 2. The SMILES string of the molecule is CCCCN(C(=O)CN1C[C@H](c2cc(OC)c3c(c2)OCO3)[C@@H](C(=O)O)[C@@H]1CC(C)(C)C=C(C)C)c1cccc(CN)c1. The molecule has 9 heteroatoms. The molecule has 1 amide bonds. The van der Waals surface area contributed by atoms with Gasteiger partial charge in [0, 0.05) is 37.3 Å². The van der Waals surface area contributed by atoms with Crippen LogP contribution in [0.25, 0.3) is 0 Å². The van der Waals surface area contributed by atoms with E-state index in [1.807, 2.05) is 41.3 Å². The van der Waals surface area contributed by atoms with Crippen LogP contribution in [0.5, 0.6) is 17.2 Å². The highest BCUT2D eigenvalue weighted by Gasteiger charge is 2.49. The summed E-state index contributed by atoms with van der Waals surface area (Å²) in [5.74, 6) is -0.488. The number of likely N-dealkylation sites (tertiary alicyclic amines) is 1. The van der Waals surface area contributed by atoms with Crippen molar-refractivity contribution in [3.05, 3.63) is 59.2 Å². The van der Waals surface area contributed by atoms with Crippen LogP contribution >= 0.6 is 0 Å². The summed E-state index contributed by atoms with van der Waals surface area (Å²) in [5, 5.41) is 10.7. The number of nitrogens with zero attached hydrogens (tertiary/aromatic N) is 2. The van der Waals surface area contributed by atoms with Crippen LogP contribution in [0.15, 0.2) is 48.0 Å². The first-order chi connectivity index (χ1) is 20.5. The maximum Gasteiger partial charge on any atom is 0.308 e. The largest absolute Gasteiger partial charge is 0.493 e. The van der Waals surface area contributed by atoms with E-state index < -0.39 is 11.9 Å². The van der Waals surface area contributed by atoms with Gasteiger partial charge in [0.2, 0.25) is 18.4 Å². The summed E-state index contributed by atoms with van der Waals surface area (Å²) in [5.41, 5.74) is 9.36. The number of fused-ring (bicyclic) bond motifs is 1. The average Bonchev–Trinajstić information content (AvgIpc) is 3.56. The predicted octanol–water partition coefficient (Wildman–Crippen LogP) is 5.57. The number of benzene rings is 2. The summed E-state index contributed by atoms with van der Waals surface area (Å²) < 4.78 is 16.9. The molecule has 1 saturated heterocycles. The zero-order chi connectivity index (χ0) is 31.3. The van der Waals surface area contributed by atoms with E-state index in [0.29, 0.717) is 43.3 Å². The van der Waals surface area contributed by atoms with Crippen molar-refractivity contribution in [2.45, 2.75) is 72.4 Å². The van der Waals surface area contributed by atoms with E-state index in [1.54, 1.807) is 7.11 Å². The molecular formula is C34H47N3O6. The molecule has 4 rings (SSSR count). The molecule has 1 fully saturated rings. The van der Waals surface area contributed by atoms with Crippen molar-refractivity contribution < 1.29 is 28.9 Å². The molecule has 2 aliphatic rings. The Hall–Kier alpha value is -3.56. The summed E-state index contributed by atoms with van der Waals surface area (Å²) in [4.78, 5) is 31.1. The lowest BCUT2D eigenvalue weighted by molar-refractivity contribution is -0.143. The van der Waals surface area contributed by atoms with E-state index in [9.17, 15) is 14.7 Å². The van der Waals surface area contributed by atoms with Gasteiger partial charge in [0.25, 0.3) is 0 Å². The van der Waals surface area contributed by atoms with Gasteiger partial charge in [-0.3, -0.25) is 14.5 Å². The molecule has 0 bridgehead atoms. The average molecular weight is 594 g/mol. The summed E-state index contributed by atoms with van der Waals surface area (Å²) in [7, 11) is 1.56. The highest BCUT2D eigenvalue weighted by molar-refractivity contribution is 5.95. The Bertz CT molecular complexity index is 1340. The van der Waals surface area contributed by atoms with Gasteiger partial charge in [0.1, 0.15) is 0 Å². The van der Waals surface area contributed by atoms with Crippen molar-refractivity contribution in [3.8, 4) is 17.2 Å². The van der Waals surface area contributed by atoms with Gasteiger partial charge in [0.05, 0.1) is 19.6 Å². The second-order valence-corrected chi connectivity index (χ2v) is 12.6. The third-order valence-corrected chi connectivity index (χ3v) is 8.39. The molecule has 2 heterocycles. The summed E-state index contributed by atoms with van der Waals surface area (Å²) in [6.45, 7) is 12.0. The van der Waals surface area contributed by atoms with Crippen LogP contribution in [0.3, 0.4) is 0 Å². The number of carbonyl (C=O) groups excluding carboxylic acids is 1. The quantitative estimate of drug-likeness (QED) is 0.290. The van der Waals surface area contributed by atoms with Gasteiger partial charge in [-0.05, 0) is 67.5 Å². The third-order valence-electron chi connectivity index (χ3n) is 8.39. The molecule has 0 saturated carbocycles. The number of carboxylic acid groups (broad SMARTS) is 1. The number of aliphatic carboxylic acids is 1. The van der Waals surface area contributed by atoms with Gasteiger partial charge in [-0.25, -0.2) is 0 Å². The molecule has 0 spiro atoms. The normalized spacial score (nSPS) is 19.7. The monoisotopic (exact) mass is 593 g/mol. The van der Waals surface area contributed by atoms with E-state index in [0.717, 1.165) is 29.7 Å². The van der Waals surface area contributed by atoms with E-state index >= 15 is 0 Å². The zero-order valence-corrected chi connectivity index (χ0v) is 26.4. The third kappa shape index (κ3) is 7.51. The summed E-state index contributed by atoms with van der Waals surface area (Å²) in [6, 6.07) is 11.1. The minimum absolute atomic E-state index is 0.0549. The molecular weight excluding hydrogens is 546 g/mol. The molecule has 0 unspecified atom stereocenters. The lowest BCUT2D eigenvalue weighted by atomic mass is 9.77. The van der Waals surface area contributed by atoms with Crippen LogP contribution < -0.4 is 24.8 Å². The minimum atomic E-state index is -0.881. The van der Waals surface area contributed by atoms with Crippen LogP contribution in [-0.4, -0.2) is 61.5 Å². The number of hydrogen-bond acceptors (Lipinski definition) is 7. The van der Waals surface area contributed by atoms with Crippen LogP contribution in [0.2, 0.25) is 0 Å². The predicted molar refractivity (Wildman–Crippen MR) is 168 cm³/mol. The number of anilines is 1. The Morgan fingerprint density at radius 1 is 1.21 bits per heavy atom. The number of ether oxygens (including phenoxy) is 3. The highest BCUT2D eigenvalue weighted by Crippen LogP contribution is 2.48. The highest BCUT2D eigenvalue weighted by atomic mass is 16.7. The Kier molecular flexibility index (Phi) is 10.4. The number of nitrogens with two attached hydrogens (primary N) is 1. The van der Waals surface area contributed by atoms with Crippen LogP contribution in [0.1, 0.15) is 70.9 Å². The number of methoxy groups -OCH3 is 1. The molecule has 2 aromatic rings. The van der Waals surface area contributed by atoms with Crippen molar-refractivity contribution in [3.63, 3.8) is 0 Å².